The zero-order valence-corrected chi connectivity index (χ0v) is 8.30. The summed E-state index contributed by atoms with van der Waals surface area (Å²) in [6.45, 7) is 3.60. The highest BCUT2D eigenvalue weighted by atomic mass is 35.5. The lowest BCUT2D eigenvalue weighted by Crippen LogP contribution is -2.07. The number of hydrogen-bond acceptors (Lipinski definition) is 2. The highest BCUT2D eigenvalue weighted by molar-refractivity contribution is 6.31. The lowest BCUT2D eigenvalue weighted by Gasteiger charge is -2.08. The Morgan fingerprint density at radius 2 is 2.23 bits per heavy atom. The zero-order chi connectivity index (χ0) is 9.84. The normalized spacial score (nSPS) is 11.8. The Hall–Kier alpha value is -1.20. The minimum Gasteiger partial charge on any atom is -0.476 e. The minimum absolute atomic E-state index is 0.446. The van der Waals surface area contributed by atoms with Crippen LogP contribution in [0.2, 0.25) is 5.02 Å². The van der Waals surface area contributed by atoms with E-state index in [9.17, 15) is 0 Å². The zero-order valence-electron chi connectivity index (χ0n) is 7.54. The molecule has 0 fully saturated rings. The molecule has 1 rings (SSSR count). The van der Waals surface area contributed by atoms with E-state index in [-0.39, 0.29) is 0 Å². The molecule has 1 unspecified atom stereocenters. The Morgan fingerprint density at radius 1 is 1.54 bits per heavy atom. The number of nitriles is 1. The molecule has 0 aliphatic rings. The van der Waals surface area contributed by atoms with Crippen LogP contribution in [0.25, 0.3) is 0 Å². The van der Waals surface area contributed by atoms with Gasteiger partial charge in [-0.3, -0.25) is 0 Å². The van der Waals surface area contributed by atoms with Crippen LogP contribution < -0.4 is 4.74 Å². The molecule has 0 saturated heterocycles. The smallest absolute Gasteiger partial charge is 0.181 e. The monoisotopic (exact) mass is 195 g/mol. The fraction of sp³-hybridized carbons (Fsp3) is 0.300. The van der Waals surface area contributed by atoms with Crippen LogP contribution in [0.5, 0.6) is 5.75 Å². The second-order valence-corrected chi connectivity index (χ2v) is 3.21. The van der Waals surface area contributed by atoms with E-state index in [1.54, 1.807) is 19.1 Å². The van der Waals surface area contributed by atoms with Crippen LogP contribution >= 0.6 is 11.6 Å². The van der Waals surface area contributed by atoms with Crippen molar-refractivity contribution in [3.63, 3.8) is 0 Å². The molecule has 0 radical (unpaired) electrons. The summed E-state index contributed by atoms with van der Waals surface area (Å²) in [5.41, 5.74) is 0.999. The van der Waals surface area contributed by atoms with Gasteiger partial charge in [-0.2, -0.15) is 5.26 Å². The standard InChI is InChI=1S/C10H10ClNO/c1-7-3-4-9(5-10(7)11)13-8(2)6-12/h3-5,8H,1-2H3. The number of aryl methyl sites for hydroxylation is 1. The van der Waals surface area contributed by atoms with Gasteiger partial charge in [0.15, 0.2) is 6.10 Å². The van der Waals surface area contributed by atoms with Gasteiger partial charge in [0, 0.05) is 5.02 Å². The maximum Gasteiger partial charge on any atom is 0.181 e. The van der Waals surface area contributed by atoms with Crippen LogP contribution in [0.4, 0.5) is 0 Å². The van der Waals surface area contributed by atoms with E-state index in [4.69, 9.17) is 21.6 Å². The van der Waals surface area contributed by atoms with Gasteiger partial charge in [-0.1, -0.05) is 17.7 Å². The predicted molar refractivity (Wildman–Crippen MR) is 51.9 cm³/mol. The molecule has 3 heteroatoms. The van der Waals surface area contributed by atoms with Crippen LogP contribution in [0, 0.1) is 18.3 Å². The van der Waals surface area contributed by atoms with Gasteiger partial charge >= 0.3 is 0 Å². The molecule has 0 aromatic heterocycles. The lowest BCUT2D eigenvalue weighted by molar-refractivity contribution is 0.276. The molecule has 1 atom stereocenters. The Bertz CT molecular complexity index is 343. The molecular formula is C10H10ClNO. The SMILES string of the molecule is Cc1ccc(OC(C)C#N)cc1Cl. The van der Waals surface area contributed by atoms with Gasteiger partial charge in [0.2, 0.25) is 0 Å². The van der Waals surface area contributed by atoms with E-state index in [1.165, 1.54) is 0 Å². The van der Waals surface area contributed by atoms with E-state index < -0.39 is 6.10 Å². The van der Waals surface area contributed by atoms with Crippen LogP contribution in [0.1, 0.15) is 12.5 Å². The first-order chi connectivity index (χ1) is 6.13. The summed E-state index contributed by atoms with van der Waals surface area (Å²) in [5.74, 6) is 0.629. The molecule has 0 bridgehead atoms. The molecule has 0 amide bonds. The Balaban J connectivity index is 2.81. The Kier molecular flexibility index (Phi) is 3.16. The van der Waals surface area contributed by atoms with E-state index in [1.807, 2.05) is 19.1 Å². The summed E-state index contributed by atoms with van der Waals surface area (Å²) in [6.07, 6.45) is -0.446. The average molecular weight is 196 g/mol. The second-order valence-electron chi connectivity index (χ2n) is 2.80. The molecule has 1 aromatic rings. The fourth-order valence-electron chi connectivity index (χ4n) is 0.877. The third-order valence-corrected chi connectivity index (χ3v) is 2.05. The fourth-order valence-corrected chi connectivity index (χ4v) is 1.05. The third-order valence-electron chi connectivity index (χ3n) is 1.64. The van der Waals surface area contributed by atoms with Crippen molar-refractivity contribution in [2.24, 2.45) is 0 Å². The molecule has 0 N–H and O–H groups in total. The number of hydrogen-bond donors (Lipinski definition) is 0. The molecule has 0 aliphatic carbocycles. The van der Waals surface area contributed by atoms with Gasteiger partial charge < -0.3 is 4.74 Å². The van der Waals surface area contributed by atoms with Crippen molar-refractivity contribution < 1.29 is 4.74 Å². The third kappa shape index (κ3) is 2.64. The number of ether oxygens (including phenoxy) is 1. The van der Waals surface area contributed by atoms with Crippen molar-refractivity contribution in [1.29, 1.82) is 5.26 Å². The van der Waals surface area contributed by atoms with Crippen molar-refractivity contribution in [3.05, 3.63) is 28.8 Å². The van der Waals surface area contributed by atoms with Gasteiger partial charge in [0.1, 0.15) is 11.8 Å². The molecule has 2 nitrogen and oxygen atoms in total. The maximum atomic E-state index is 8.51. The first-order valence-corrected chi connectivity index (χ1v) is 4.33. The molecule has 0 spiro atoms. The van der Waals surface area contributed by atoms with Crippen molar-refractivity contribution in [3.8, 4) is 11.8 Å². The van der Waals surface area contributed by atoms with Crippen molar-refractivity contribution in [2.45, 2.75) is 20.0 Å². The number of nitrogens with zero attached hydrogens (tertiary/aromatic N) is 1. The van der Waals surface area contributed by atoms with Crippen LogP contribution in [-0.4, -0.2) is 6.10 Å². The molecule has 68 valence electrons. The summed E-state index contributed by atoms with van der Waals surface area (Å²) in [5, 5.41) is 9.17. The van der Waals surface area contributed by atoms with Crippen LogP contribution in [0.3, 0.4) is 0 Å². The first-order valence-electron chi connectivity index (χ1n) is 3.96. The van der Waals surface area contributed by atoms with Gasteiger partial charge in [-0.25, -0.2) is 0 Å². The minimum atomic E-state index is -0.446. The highest BCUT2D eigenvalue weighted by Gasteiger charge is 2.02. The summed E-state index contributed by atoms with van der Waals surface area (Å²) in [7, 11) is 0. The van der Waals surface area contributed by atoms with Gasteiger partial charge in [-0.05, 0) is 31.5 Å². The van der Waals surface area contributed by atoms with Crippen molar-refractivity contribution >= 4 is 11.6 Å². The summed E-state index contributed by atoms with van der Waals surface area (Å²) in [4.78, 5) is 0. The van der Waals surface area contributed by atoms with Crippen molar-refractivity contribution in [2.75, 3.05) is 0 Å². The first kappa shape index (κ1) is 9.88. The molecule has 0 heterocycles. The second kappa shape index (κ2) is 4.15. The quantitative estimate of drug-likeness (QED) is 0.727. The van der Waals surface area contributed by atoms with Gasteiger partial charge in [0.05, 0.1) is 0 Å². The molecule has 0 saturated carbocycles. The average Bonchev–Trinajstić information content (AvgIpc) is 2.11. The summed E-state index contributed by atoms with van der Waals surface area (Å²) in [6, 6.07) is 7.36. The molecule has 1 aromatic carbocycles. The van der Waals surface area contributed by atoms with E-state index in [2.05, 4.69) is 0 Å². The number of rotatable bonds is 2. The van der Waals surface area contributed by atoms with E-state index >= 15 is 0 Å². The molecule has 0 aliphatic heterocycles. The number of halogens is 1. The summed E-state index contributed by atoms with van der Waals surface area (Å²) < 4.78 is 5.25. The topological polar surface area (TPSA) is 33.0 Å². The van der Waals surface area contributed by atoms with Crippen LogP contribution in [-0.2, 0) is 0 Å². The van der Waals surface area contributed by atoms with Gasteiger partial charge in [0.25, 0.3) is 0 Å². The summed E-state index contributed by atoms with van der Waals surface area (Å²) >= 11 is 5.88. The lowest BCUT2D eigenvalue weighted by atomic mass is 10.2. The largest absolute Gasteiger partial charge is 0.476 e. The Morgan fingerprint density at radius 3 is 2.77 bits per heavy atom. The highest BCUT2D eigenvalue weighted by Crippen LogP contribution is 2.22. The maximum absolute atomic E-state index is 8.51. The van der Waals surface area contributed by atoms with E-state index in [0.29, 0.717) is 10.8 Å². The van der Waals surface area contributed by atoms with Gasteiger partial charge in [-0.15, -0.1) is 0 Å². The number of benzene rings is 1. The Labute approximate surface area is 82.7 Å². The van der Waals surface area contributed by atoms with Crippen LogP contribution in [0.15, 0.2) is 18.2 Å². The molecular weight excluding hydrogens is 186 g/mol. The van der Waals surface area contributed by atoms with Crippen molar-refractivity contribution in [1.82, 2.24) is 0 Å². The predicted octanol–water partition coefficient (Wildman–Crippen LogP) is 2.94. The van der Waals surface area contributed by atoms with E-state index in [0.717, 1.165) is 5.56 Å². The molecule has 13 heavy (non-hydrogen) atoms.